The van der Waals surface area contributed by atoms with Gasteiger partial charge in [0.25, 0.3) is 0 Å². The van der Waals surface area contributed by atoms with Crippen LogP contribution < -0.4 is 10.6 Å². The third-order valence-corrected chi connectivity index (χ3v) is 6.03. The number of H-pyrrole nitrogens is 1. The fourth-order valence-corrected chi connectivity index (χ4v) is 4.05. The maximum atomic E-state index is 13.5. The molecule has 0 saturated heterocycles. The third-order valence-electron chi connectivity index (χ3n) is 6.03. The predicted molar refractivity (Wildman–Crippen MR) is 137 cm³/mol. The number of aryl methyl sites for hydroxylation is 1. The highest BCUT2D eigenvalue weighted by atomic mass is 19.1. The molecular formula is C29H31F2N3O2. The van der Waals surface area contributed by atoms with Crippen molar-refractivity contribution < 1.29 is 18.3 Å². The zero-order chi connectivity index (χ0) is 25.2. The number of ether oxygens (including phenoxy) is 1. The molecule has 0 bridgehead atoms. The highest BCUT2D eigenvalue weighted by Crippen LogP contribution is 2.19. The molecule has 7 heteroatoms. The van der Waals surface area contributed by atoms with E-state index in [1.165, 1.54) is 29.3 Å². The number of fused-ring (bicyclic) bond motifs is 1. The Morgan fingerprint density at radius 1 is 0.833 bits per heavy atom. The van der Waals surface area contributed by atoms with Crippen LogP contribution in [0.5, 0.6) is 0 Å². The standard InChI is InChI=1S/C29H31F2N3O2/c30-25-9-7-23(8-10-25)19-36-20-29(35)33-14-1-2-21-3-5-22(6-4-21)17-32-15-13-24-18-34-28-12-11-26(31)16-27(24)28/h3-12,16,18,32,34H,1-2,13-15,17,19-20H2,(H,33,35). The lowest BCUT2D eigenvalue weighted by Gasteiger charge is -2.08. The molecule has 1 amide bonds. The van der Waals surface area contributed by atoms with Crippen LogP contribution in [0.3, 0.4) is 0 Å². The molecule has 5 nitrogen and oxygen atoms in total. The monoisotopic (exact) mass is 491 g/mol. The van der Waals surface area contributed by atoms with E-state index >= 15 is 0 Å². The smallest absolute Gasteiger partial charge is 0.246 e. The van der Waals surface area contributed by atoms with Gasteiger partial charge in [-0.05, 0) is 78.4 Å². The van der Waals surface area contributed by atoms with E-state index in [-0.39, 0.29) is 30.8 Å². The van der Waals surface area contributed by atoms with Crippen molar-refractivity contribution in [3.05, 3.63) is 107 Å². The summed E-state index contributed by atoms with van der Waals surface area (Å²) in [6.07, 6.45) is 4.49. The van der Waals surface area contributed by atoms with Gasteiger partial charge < -0.3 is 20.4 Å². The fraction of sp³-hybridized carbons (Fsp3) is 0.276. The number of carbonyl (C=O) groups is 1. The second kappa shape index (κ2) is 13.0. The number of hydrogen-bond acceptors (Lipinski definition) is 3. The molecule has 36 heavy (non-hydrogen) atoms. The highest BCUT2D eigenvalue weighted by Gasteiger charge is 2.05. The molecule has 0 spiro atoms. The molecule has 0 unspecified atom stereocenters. The second-order valence-electron chi connectivity index (χ2n) is 8.82. The molecule has 0 fully saturated rings. The van der Waals surface area contributed by atoms with Crippen LogP contribution in [0, 0.1) is 11.6 Å². The Morgan fingerprint density at radius 2 is 1.56 bits per heavy atom. The average molecular weight is 492 g/mol. The minimum atomic E-state index is -0.292. The van der Waals surface area contributed by atoms with Gasteiger partial charge in [-0.2, -0.15) is 0 Å². The van der Waals surface area contributed by atoms with Gasteiger partial charge in [-0.25, -0.2) is 8.78 Å². The van der Waals surface area contributed by atoms with Crippen LogP contribution in [0.4, 0.5) is 8.78 Å². The number of benzene rings is 3. The Kier molecular flexibility index (Phi) is 9.19. The molecule has 0 aliphatic heterocycles. The molecule has 0 radical (unpaired) electrons. The molecule has 0 aliphatic carbocycles. The van der Waals surface area contributed by atoms with E-state index in [0.29, 0.717) is 6.54 Å². The van der Waals surface area contributed by atoms with Crippen LogP contribution in [0.15, 0.2) is 72.9 Å². The summed E-state index contributed by atoms with van der Waals surface area (Å²) in [7, 11) is 0. The zero-order valence-corrected chi connectivity index (χ0v) is 20.2. The van der Waals surface area contributed by atoms with E-state index in [4.69, 9.17) is 4.74 Å². The fourth-order valence-electron chi connectivity index (χ4n) is 4.05. The van der Waals surface area contributed by atoms with Crippen molar-refractivity contribution in [2.24, 2.45) is 0 Å². The Bertz CT molecular complexity index is 1250. The summed E-state index contributed by atoms with van der Waals surface area (Å²) in [5, 5.41) is 7.25. The maximum Gasteiger partial charge on any atom is 0.246 e. The number of hydrogen-bond donors (Lipinski definition) is 3. The van der Waals surface area contributed by atoms with Crippen LogP contribution in [0.2, 0.25) is 0 Å². The number of aromatic amines is 1. The number of nitrogens with one attached hydrogen (secondary N) is 3. The van der Waals surface area contributed by atoms with Gasteiger partial charge in [-0.15, -0.1) is 0 Å². The lowest BCUT2D eigenvalue weighted by molar-refractivity contribution is -0.126. The molecule has 0 aliphatic rings. The van der Waals surface area contributed by atoms with Crippen LogP contribution >= 0.6 is 0 Å². The van der Waals surface area contributed by atoms with Crippen molar-refractivity contribution in [2.45, 2.75) is 32.4 Å². The molecule has 4 aromatic rings. The number of rotatable bonds is 13. The quantitative estimate of drug-likeness (QED) is 0.230. The molecule has 0 saturated carbocycles. The average Bonchev–Trinajstić information content (AvgIpc) is 3.28. The largest absolute Gasteiger partial charge is 0.367 e. The molecular weight excluding hydrogens is 460 g/mol. The summed E-state index contributed by atoms with van der Waals surface area (Å²) in [6, 6.07) is 19.3. The van der Waals surface area contributed by atoms with Gasteiger partial charge in [-0.3, -0.25) is 4.79 Å². The number of carbonyl (C=O) groups excluding carboxylic acids is 1. The lowest BCUT2D eigenvalue weighted by atomic mass is 10.1. The topological polar surface area (TPSA) is 66.2 Å². The van der Waals surface area contributed by atoms with E-state index in [9.17, 15) is 13.6 Å². The van der Waals surface area contributed by atoms with Gasteiger partial charge in [-0.1, -0.05) is 36.4 Å². The molecule has 3 aromatic carbocycles. The molecule has 4 rings (SSSR count). The van der Waals surface area contributed by atoms with E-state index < -0.39 is 0 Å². The minimum absolute atomic E-state index is 0.0176. The first-order valence-electron chi connectivity index (χ1n) is 12.2. The molecule has 188 valence electrons. The summed E-state index contributed by atoms with van der Waals surface area (Å²) >= 11 is 0. The van der Waals surface area contributed by atoms with Crippen LogP contribution in [0.1, 0.15) is 28.7 Å². The molecule has 1 aromatic heterocycles. The summed E-state index contributed by atoms with van der Waals surface area (Å²) in [6.45, 7) is 2.41. The Hall–Kier alpha value is -3.55. The Balaban J connectivity index is 1.08. The van der Waals surface area contributed by atoms with Crippen molar-refractivity contribution in [1.82, 2.24) is 15.6 Å². The van der Waals surface area contributed by atoms with Gasteiger partial charge in [0.05, 0.1) is 6.61 Å². The van der Waals surface area contributed by atoms with Crippen molar-refractivity contribution in [1.29, 1.82) is 0 Å². The van der Waals surface area contributed by atoms with E-state index in [2.05, 4.69) is 39.9 Å². The number of halogens is 2. The third kappa shape index (κ3) is 7.73. The van der Waals surface area contributed by atoms with Gasteiger partial charge in [0, 0.05) is 30.2 Å². The highest BCUT2D eigenvalue weighted by molar-refractivity contribution is 5.83. The van der Waals surface area contributed by atoms with E-state index in [1.54, 1.807) is 24.3 Å². The Labute approximate surface area is 209 Å². The van der Waals surface area contributed by atoms with Crippen molar-refractivity contribution in [3.63, 3.8) is 0 Å². The molecule has 3 N–H and O–H groups in total. The van der Waals surface area contributed by atoms with Gasteiger partial charge in [0.1, 0.15) is 18.2 Å². The van der Waals surface area contributed by atoms with Crippen molar-refractivity contribution in [2.75, 3.05) is 19.7 Å². The van der Waals surface area contributed by atoms with Crippen molar-refractivity contribution in [3.8, 4) is 0 Å². The first kappa shape index (κ1) is 25.5. The molecule has 0 atom stereocenters. The summed E-state index contributed by atoms with van der Waals surface area (Å²) in [4.78, 5) is 15.1. The van der Waals surface area contributed by atoms with Crippen LogP contribution in [-0.2, 0) is 35.5 Å². The Morgan fingerprint density at radius 3 is 2.36 bits per heavy atom. The number of amides is 1. The second-order valence-corrected chi connectivity index (χ2v) is 8.82. The summed E-state index contributed by atoms with van der Waals surface area (Å²) in [5.74, 6) is -0.664. The van der Waals surface area contributed by atoms with Gasteiger partial charge in [0.2, 0.25) is 5.91 Å². The SMILES string of the molecule is O=C(COCc1ccc(F)cc1)NCCCc1ccc(CNCCc2c[nH]c3ccc(F)cc23)cc1. The summed E-state index contributed by atoms with van der Waals surface area (Å²) < 4.78 is 31.8. The minimum Gasteiger partial charge on any atom is -0.367 e. The zero-order valence-electron chi connectivity index (χ0n) is 20.2. The number of aromatic nitrogens is 1. The van der Waals surface area contributed by atoms with Crippen LogP contribution in [-0.4, -0.2) is 30.6 Å². The van der Waals surface area contributed by atoms with E-state index in [0.717, 1.165) is 54.4 Å². The first-order chi connectivity index (χ1) is 17.6. The summed E-state index contributed by atoms with van der Waals surface area (Å²) in [5.41, 5.74) is 5.32. The maximum absolute atomic E-state index is 13.5. The van der Waals surface area contributed by atoms with Gasteiger partial charge >= 0.3 is 0 Å². The predicted octanol–water partition coefficient (Wildman–Crippen LogP) is 5.04. The van der Waals surface area contributed by atoms with E-state index in [1.807, 2.05) is 6.20 Å². The first-order valence-corrected chi connectivity index (χ1v) is 12.2. The van der Waals surface area contributed by atoms with Crippen molar-refractivity contribution >= 4 is 16.8 Å². The lowest BCUT2D eigenvalue weighted by Crippen LogP contribution is -2.28. The van der Waals surface area contributed by atoms with Crippen LogP contribution in [0.25, 0.3) is 10.9 Å². The molecule has 1 heterocycles. The van der Waals surface area contributed by atoms with Gasteiger partial charge in [0.15, 0.2) is 0 Å². The normalized spacial score (nSPS) is 11.2.